The first-order valence-electron chi connectivity index (χ1n) is 5.21. The first-order chi connectivity index (χ1) is 7.61. The smallest absolute Gasteiger partial charge is 0.127 e. The maximum absolute atomic E-state index is 13.1. The molecule has 1 aliphatic carbocycles. The van der Waals surface area contributed by atoms with Gasteiger partial charge in [0, 0.05) is 24.4 Å². The largest absolute Gasteiger partial charge is 0.487 e. The Morgan fingerprint density at radius 2 is 2.19 bits per heavy atom. The summed E-state index contributed by atoms with van der Waals surface area (Å²) < 4.78 is 24.1. The van der Waals surface area contributed by atoms with E-state index < -0.39 is 0 Å². The topological polar surface area (TPSA) is 18.5 Å². The number of methoxy groups -OCH3 is 1. The zero-order valence-electron chi connectivity index (χ0n) is 9.24. The molecule has 88 valence electrons. The molecule has 0 aromatic heterocycles. The molecule has 0 N–H and O–H groups in total. The van der Waals surface area contributed by atoms with Crippen LogP contribution in [-0.2, 0) is 4.74 Å². The van der Waals surface area contributed by atoms with Crippen molar-refractivity contribution in [3.63, 3.8) is 0 Å². The van der Waals surface area contributed by atoms with Crippen LogP contribution in [0.3, 0.4) is 0 Å². The molecule has 0 amide bonds. The van der Waals surface area contributed by atoms with Crippen LogP contribution in [0.2, 0.25) is 0 Å². The van der Waals surface area contributed by atoms with Crippen molar-refractivity contribution in [2.45, 2.75) is 30.4 Å². The molecule has 2 nitrogen and oxygen atoms in total. The van der Waals surface area contributed by atoms with Crippen LogP contribution >= 0.6 is 15.9 Å². The highest BCUT2D eigenvalue weighted by molar-refractivity contribution is 9.09. The van der Waals surface area contributed by atoms with Crippen molar-refractivity contribution in [1.29, 1.82) is 0 Å². The Labute approximate surface area is 103 Å². The van der Waals surface area contributed by atoms with Gasteiger partial charge >= 0.3 is 0 Å². The van der Waals surface area contributed by atoms with Gasteiger partial charge in [-0.05, 0) is 18.6 Å². The van der Waals surface area contributed by atoms with E-state index in [0.29, 0.717) is 10.6 Å². The second kappa shape index (κ2) is 4.72. The predicted molar refractivity (Wildman–Crippen MR) is 63.7 cm³/mol. The summed E-state index contributed by atoms with van der Waals surface area (Å²) in [4.78, 5) is 0.330. The van der Waals surface area contributed by atoms with Gasteiger partial charge in [-0.15, -0.1) is 0 Å². The molecule has 4 heteroatoms. The van der Waals surface area contributed by atoms with Crippen LogP contribution in [0, 0.1) is 12.7 Å². The van der Waals surface area contributed by atoms with E-state index in [1.807, 2.05) is 6.92 Å². The standard InChI is InChI=1S/C12H14BrFO2/c1-7-3-4-8(14)5-10(7)16-11-6-9(13)12(11)15-2/h3-5,9,11-12H,6H2,1-2H3. The summed E-state index contributed by atoms with van der Waals surface area (Å²) in [6.45, 7) is 1.90. The van der Waals surface area contributed by atoms with Gasteiger partial charge in [0.15, 0.2) is 0 Å². The summed E-state index contributed by atoms with van der Waals surface area (Å²) in [5, 5.41) is 0. The summed E-state index contributed by atoms with van der Waals surface area (Å²) in [5.74, 6) is 0.329. The van der Waals surface area contributed by atoms with Gasteiger partial charge in [-0.2, -0.15) is 0 Å². The molecule has 0 saturated heterocycles. The van der Waals surface area contributed by atoms with E-state index in [2.05, 4.69) is 15.9 Å². The molecular weight excluding hydrogens is 275 g/mol. The van der Waals surface area contributed by atoms with Gasteiger partial charge in [-0.1, -0.05) is 22.0 Å². The number of ether oxygens (including phenoxy) is 2. The van der Waals surface area contributed by atoms with E-state index in [1.54, 1.807) is 13.2 Å². The van der Waals surface area contributed by atoms with E-state index >= 15 is 0 Å². The third-order valence-corrected chi connectivity index (χ3v) is 3.78. The van der Waals surface area contributed by atoms with Gasteiger partial charge in [0.2, 0.25) is 0 Å². The van der Waals surface area contributed by atoms with Crippen molar-refractivity contribution >= 4 is 15.9 Å². The first-order valence-corrected chi connectivity index (χ1v) is 6.13. The molecule has 1 fully saturated rings. The molecule has 2 rings (SSSR count). The Kier molecular flexibility index (Phi) is 3.50. The lowest BCUT2D eigenvalue weighted by Gasteiger charge is -2.40. The normalized spacial score (nSPS) is 28.6. The number of aryl methyl sites for hydroxylation is 1. The van der Waals surface area contributed by atoms with E-state index in [0.717, 1.165) is 12.0 Å². The molecule has 3 atom stereocenters. The second-order valence-corrected chi connectivity index (χ2v) is 5.19. The highest BCUT2D eigenvalue weighted by atomic mass is 79.9. The summed E-state index contributed by atoms with van der Waals surface area (Å²) in [6, 6.07) is 4.57. The van der Waals surface area contributed by atoms with Crippen molar-refractivity contribution in [3.05, 3.63) is 29.6 Å². The van der Waals surface area contributed by atoms with Gasteiger partial charge in [0.1, 0.15) is 23.8 Å². The Hall–Kier alpha value is -0.610. The fraction of sp³-hybridized carbons (Fsp3) is 0.500. The van der Waals surface area contributed by atoms with Crippen molar-refractivity contribution < 1.29 is 13.9 Å². The van der Waals surface area contributed by atoms with Crippen molar-refractivity contribution in [2.75, 3.05) is 7.11 Å². The van der Waals surface area contributed by atoms with Gasteiger partial charge in [0.05, 0.1) is 0 Å². The van der Waals surface area contributed by atoms with Crippen LogP contribution in [0.25, 0.3) is 0 Å². The number of halogens is 2. The Morgan fingerprint density at radius 1 is 1.44 bits per heavy atom. The average molecular weight is 289 g/mol. The van der Waals surface area contributed by atoms with Crippen molar-refractivity contribution in [1.82, 2.24) is 0 Å². The molecule has 0 heterocycles. The van der Waals surface area contributed by atoms with Gasteiger partial charge in [-0.25, -0.2) is 4.39 Å². The van der Waals surface area contributed by atoms with E-state index in [-0.39, 0.29) is 18.0 Å². The number of hydrogen-bond acceptors (Lipinski definition) is 2. The molecule has 1 aliphatic rings. The summed E-state index contributed by atoms with van der Waals surface area (Å²) in [5.41, 5.74) is 0.939. The van der Waals surface area contributed by atoms with Gasteiger partial charge in [-0.3, -0.25) is 0 Å². The Bertz CT molecular complexity index is 383. The average Bonchev–Trinajstić information content (AvgIpc) is 2.23. The van der Waals surface area contributed by atoms with Crippen LogP contribution in [0.5, 0.6) is 5.75 Å². The van der Waals surface area contributed by atoms with Crippen LogP contribution in [0.4, 0.5) is 4.39 Å². The Morgan fingerprint density at radius 3 is 2.81 bits per heavy atom. The number of rotatable bonds is 3. The SMILES string of the molecule is COC1C(Br)CC1Oc1cc(F)ccc1C. The summed E-state index contributed by atoms with van der Waals surface area (Å²) in [6.07, 6.45) is 0.937. The molecule has 0 radical (unpaired) electrons. The van der Waals surface area contributed by atoms with E-state index in [9.17, 15) is 4.39 Å². The second-order valence-electron chi connectivity index (χ2n) is 4.02. The van der Waals surface area contributed by atoms with E-state index in [1.165, 1.54) is 12.1 Å². The van der Waals surface area contributed by atoms with Crippen molar-refractivity contribution in [3.8, 4) is 5.75 Å². The lowest BCUT2D eigenvalue weighted by molar-refractivity contribution is -0.0548. The van der Waals surface area contributed by atoms with Crippen molar-refractivity contribution in [2.24, 2.45) is 0 Å². The number of alkyl halides is 1. The van der Waals surface area contributed by atoms with Crippen LogP contribution in [0.15, 0.2) is 18.2 Å². The lowest BCUT2D eigenvalue weighted by Crippen LogP contribution is -2.51. The highest BCUT2D eigenvalue weighted by Crippen LogP contribution is 2.34. The number of benzene rings is 1. The Balaban J connectivity index is 2.07. The van der Waals surface area contributed by atoms with Gasteiger partial charge in [0.25, 0.3) is 0 Å². The minimum Gasteiger partial charge on any atom is -0.487 e. The van der Waals surface area contributed by atoms with Crippen LogP contribution in [-0.4, -0.2) is 24.1 Å². The maximum atomic E-state index is 13.1. The monoisotopic (exact) mass is 288 g/mol. The molecule has 0 aliphatic heterocycles. The fourth-order valence-corrected chi connectivity index (χ4v) is 2.73. The highest BCUT2D eigenvalue weighted by Gasteiger charge is 2.41. The minimum atomic E-state index is -0.274. The molecule has 1 aromatic carbocycles. The lowest BCUT2D eigenvalue weighted by atomic mass is 9.91. The first kappa shape index (κ1) is 11.9. The zero-order valence-corrected chi connectivity index (χ0v) is 10.8. The maximum Gasteiger partial charge on any atom is 0.127 e. The third-order valence-electron chi connectivity index (χ3n) is 2.88. The molecule has 1 aromatic rings. The van der Waals surface area contributed by atoms with Gasteiger partial charge < -0.3 is 9.47 Å². The molecule has 0 spiro atoms. The molecule has 0 bridgehead atoms. The zero-order chi connectivity index (χ0) is 11.7. The van der Waals surface area contributed by atoms with Crippen LogP contribution in [0.1, 0.15) is 12.0 Å². The summed E-state index contributed by atoms with van der Waals surface area (Å²) >= 11 is 3.49. The fourth-order valence-electron chi connectivity index (χ4n) is 1.81. The van der Waals surface area contributed by atoms with E-state index in [4.69, 9.17) is 9.47 Å². The molecular formula is C12H14BrFO2. The predicted octanol–water partition coefficient (Wildman–Crippen LogP) is 3.06. The molecule has 1 saturated carbocycles. The minimum absolute atomic E-state index is 0.00914. The third kappa shape index (κ3) is 2.23. The van der Waals surface area contributed by atoms with Crippen LogP contribution < -0.4 is 4.74 Å². The molecule has 16 heavy (non-hydrogen) atoms. The molecule has 3 unspecified atom stereocenters. The summed E-state index contributed by atoms with van der Waals surface area (Å²) in [7, 11) is 1.66. The quantitative estimate of drug-likeness (QED) is 0.796. The number of hydrogen-bond donors (Lipinski definition) is 0.